The molecule has 0 fully saturated rings. The Kier molecular flexibility index (Phi) is 41.1. The van der Waals surface area contributed by atoms with Crippen LogP contribution in [0.25, 0.3) is 44.8 Å². The van der Waals surface area contributed by atoms with Crippen LogP contribution in [0.2, 0.25) is 0 Å². The van der Waals surface area contributed by atoms with Crippen molar-refractivity contribution in [3.05, 3.63) is 183 Å². The van der Waals surface area contributed by atoms with Gasteiger partial charge in [0.1, 0.15) is 24.3 Å². The average molecular weight is 1160 g/mol. The minimum atomic E-state index is -0.833. The van der Waals surface area contributed by atoms with Crippen LogP contribution in [-0.2, 0) is 14.4 Å². The molecule has 0 radical (unpaired) electrons. The fourth-order valence-corrected chi connectivity index (χ4v) is 7.32. The van der Waals surface area contributed by atoms with E-state index in [1.54, 1.807) is 12.7 Å². The fraction of sp³-hybridized carbons (Fsp3) is 0.299. The van der Waals surface area contributed by atoms with Gasteiger partial charge in [0.05, 0.1) is 18.1 Å². The highest BCUT2D eigenvalue weighted by molar-refractivity contribution is 6.62. The highest BCUT2D eigenvalue weighted by Crippen LogP contribution is 2.29. The molecule has 8 rings (SSSR count). The SMILES string of the molecule is CC.CC.CC.CC.CC.CC(=O)Cl.CC(=O)O.CCN(CCCl)c1ccc(Nc2cc(-c3cccc(-c4ccccc4)c3)ncn2)cc1.CCN(CNC(C)=O)c1ccc(Nc2cc(-c3cccc(-c4ccccc4)c3)ncn2)cc1. The summed E-state index contributed by atoms with van der Waals surface area (Å²) in [6, 6.07) is 57.7. The minimum Gasteiger partial charge on any atom is -0.481 e. The molecule has 4 N–H and O–H groups in total. The van der Waals surface area contributed by atoms with Gasteiger partial charge in [0.2, 0.25) is 11.1 Å². The van der Waals surface area contributed by atoms with Gasteiger partial charge in [-0.2, -0.15) is 0 Å². The van der Waals surface area contributed by atoms with Crippen molar-refractivity contribution in [1.29, 1.82) is 0 Å². The number of rotatable bonds is 16. The molecular weight excluding hydrogens is 1070 g/mol. The van der Waals surface area contributed by atoms with Crippen molar-refractivity contribution in [3.8, 4) is 44.8 Å². The summed E-state index contributed by atoms with van der Waals surface area (Å²) in [7, 11) is 0. The van der Waals surface area contributed by atoms with Crippen LogP contribution in [0.5, 0.6) is 0 Å². The molecule has 1 amide bonds. The van der Waals surface area contributed by atoms with E-state index < -0.39 is 5.97 Å². The largest absolute Gasteiger partial charge is 0.481 e. The van der Waals surface area contributed by atoms with Gasteiger partial charge in [0.15, 0.2) is 0 Å². The van der Waals surface area contributed by atoms with Crippen molar-refractivity contribution in [2.24, 2.45) is 0 Å². The highest BCUT2D eigenvalue weighted by atomic mass is 35.5. The van der Waals surface area contributed by atoms with Gasteiger partial charge in [0.25, 0.3) is 5.97 Å². The fourth-order valence-electron chi connectivity index (χ4n) is 7.12. The topological polar surface area (TPSA) is 166 Å². The molecule has 0 unspecified atom stereocenters. The molecule has 0 saturated heterocycles. The molecule has 0 atom stereocenters. The third kappa shape index (κ3) is 28.8. The van der Waals surface area contributed by atoms with E-state index in [1.807, 2.05) is 136 Å². The zero-order valence-corrected chi connectivity index (χ0v) is 52.5. The van der Waals surface area contributed by atoms with Crippen LogP contribution < -0.4 is 25.8 Å². The molecule has 0 bridgehead atoms. The van der Waals surface area contributed by atoms with Crippen molar-refractivity contribution >= 4 is 74.7 Å². The number of carboxylic acids is 1. The van der Waals surface area contributed by atoms with Crippen molar-refractivity contribution in [1.82, 2.24) is 25.3 Å². The van der Waals surface area contributed by atoms with Gasteiger partial charge in [-0.1, -0.05) is 166 Å². The average Bonchev–Trinajstić information content (AvgIpc) is 3.59. The first-order chi connectivity index (χ1) is 39.8. The Balaban J connectivity index is 0.00000125. The smallest absolute Gasteiger partial charge is 0.300 e. The molecular formula is C67H89Cl2N9O4. The molecule has 6 aromatic carbocycles. The number of nitrogens with one attached hydrogen (secondary N) is 3. The monoisotopic (exact) mass is 1150 g/mol. The first kappa shape index (κ1) is 73.9. The number of hydrogen-bond acceptors (Lipinski definition) is 11. The molecule has 440 valence electrons. The number of aromatic nitrogens is 4. The molecule has 0 aliphatic heterocycles. The Morgan fingerprint density at radius 2 is 0.793 bits per heavy atom. The molecule has 2 aromatic heterocycles. The highest BCUT2D eigenvalue weighted by Gasteiger charge is 2.10. The lowest BCUT2D eigenvalue weighted by molar-refractivity contribution is -0.134. The van der Waals surface area contributed by atoms with E-state index >= 15 is 0 Å². The van der Waals surface area contributed by atoms with Crippen LogP contribution in [-0.4, -0.2) is 74.3 Å². The number of benzene rings is 6. The summed E-state index contributed by atoms with van der Waals surface area (Å²) in [4.78, 5) is 51.5. The number of carbonyl (C=O) groups excluding carboxylic acids is 2. The maximum absolute atomic E-state index is 11.2. The minimum absolute atomic E-state index is 0.0411. The second-order valence-electron chi connectivity index (χ2n) is 15.8. The number of anilines is 6. The Labute approximate surface area is 500 Å². The Hall–Kier alpha value is -8.13. The lowest BCUT2D eigenvalue weighted by atomic mass is 10.0. The molecule has 0 saturated carbocycles. The Morgan fingerprint density at radius 1 is 0.463 bits per heavy atom. The summed E-state index contributed by atoms with van der Waals surface area (Å²) in [6.45, 7) is 31.1. The van der Waals surface area contributed by atoms with Crippen LogP contribution in [0, 0.1) is 0 Å². The van der Waals surface area contributed by atoms with E-state index in [0.717, 1.165) is 89.0 Å². The lowest BCUT2D eigenvalue weighted by Gasteiger charge is -2.23. The van der Waals surface area contributed by atoms with Crippen LogP contribution in [0.4, 0.5) is 34.4 Å². The molecule has 0 aliphatic rings. The number of hydrogen-bond donors (Lipinski definition) is 4. The van der Waals surface area contributed by atoms with Gasteiger partial charge >= 0.3 is 0 Å². The zero-order valence-electron chi connectivity index (χ0n) is 51.0. The normalized spacial score (nSPS) is 9.23. The second kappa shape index (κ2) is 45.6. The van der Waals surface area contributed by atoms with E-state index in [0.29, 0.717) is 12.5 Å². The number of alkyl halides is 1. The lowest BCUT2D eigenvalue weighted by Crippen LogP contribution is -2.36. The predicted molar refractivity (Wildman–Crippen MR) is 352 cm³/mol. The third-order valence-corrected chi connectivity index (χ3v) is 10.7. The first-order valence-electron chi connectivity index (χ1n) is 28.2. The third-order valence-electron chi connectivity index (χ3n) is 10.5. The summed E-state index contributed by atoms with van der Waals surface area (Å²) in [5, 5.41) is 16.6. The summed E-state index contributed by atoms with van der Waals surface area (Å²) < 4.78 is 0. The molecule has 0 spiro atoms. The zero-order chi connectivity index (χ0) is 61.7. The van der Waals surface area contributed by atoms with Crippen molar-refractivity contribution in [3.63, 3.8) is 0 Å². The van der Waals surface area contributed by atoms with E-state index in [4.69, 9.17) is 21.5 Å². The molecule has 8 aromatic rings. The maximum Gasteiger partial charge on any atom is 0.300 e. The van der Waals surface area contributed by atoms with Crippen molar-refractivity contribution in [2.45, 2.75) is 104 Å². The first-order valence-corrected chi connectivity index (χ1v) is 29.1. The molecule has 2 heterocycles. The van der Waals surface area contributed by atoms with Gasteiger partial charge in [0, 0.05) is 92.3 Å². The van der Waals surface area contributed by atoms with Gasteiger partial charge in [-0.15, -0.1) is 11.6 Å². The van der Waals surface area contributed by atoms with Crippen LogP contribution in [0.1, 0.15) is 104 Å². The number of aliphatic carboxylic acids is 1. The van der Waals surface area contributed by atoms with Crippen LogP contribution in [0.3, 0.4) is 0 Å². The van der Waals surface area contributed by atoms with Crippen LogP contribution >= 0.6 is 23.2 Å². The number of carbonyl (C=O) groups is 3. The van der Waals surface area contributed by atoms with Gasteiger partial charge in [-0.25, -0.2) is 19.9 Å². The molecule has 13 nitrogen and oxygen atoms in total. The number of amides is 1. The predicted octanol–water partition coefficient (Wildman–Crippen LogP) is 18.1. The van der Waals surface area contributed by atoms with Crippen molar-refractivity contribution < 1.29 is 19.5 Å². The molecule has 82 heavy (non-hydrogen) atoms. The quantitative estimate of drug-likeness (QED) is 0.0412. The van der Waals surface area contributed by atoms with E-state index in [-0.39, 0.29) is 11.1 Å². The summed E-state index contributed by atoms with van der Waals surface area (Å²) in [5.74, 6) is 1.23. The second-order valence-corrected chi connectivity index (χ2v) is 16.7. The van der Waals surface area contributed by atoms with E-state index in [1.165, 1.54) is 30.5 Å². The number of nitrogens with zero attached hydrogens (tertiary/aromatic N) is 6. The van der Waals surface area contributed by atoms with Crippen LogP contribution in [0.15, 0.2) is 183 Å². The van der Waals surface area contributed by atoms with Crippen molar-refractivity contribution in [2.75, 3.05) is 52.6 Å². The summed E-state index contributed by atoms with van der Waals surface area (Å²) >= 11 is 10.5. The summed E-state index contributed by atoms with van der Waals surface area (Å²) in [6.07, 6.45) is 3.17. The molecule has 15 heteroatoms. The Morgan fingerprint density at radius 3 is 1.12 bits per heavy atom. The van der Waals surface area contributed by atoms with E-state index in [2.05, 4.69) is 174 Å². The van der Waals surface area contributed by atoms with Gasteiger partial charge in [-0.3, -0.25) is 14.4 Å². The summed E-state index contributed by atoms with van der Waals surface area (Å²) in [5.41, 5.74) is 12.6. The molecule has 0 aliphatic carbocycles. The van der Waals surface area contributed by atoms with Gasteiger partial charge in [-0.05, 0) is 108 Å². The number of halogens is 2. The standard InChI is InChI=1S/C27H27N5O.C26H25ClN4.C2H3ClO.C2H4O2.5C2H6/c1-3-32(19-30-20(2)33)25-14-12-24(13-15-25)31-27-17-26(28-18-29-27)23-11-7-10-22(16-23)21-8-5-4-6-9-21;1-2-31(16-15-27)24-13-11-23(12-14-24)30-26-18-25(28-19-29-26)22-10-6-9-21(17-22)20-7-4-3-5-8-20;2*1-2(3)4;5*1-2/h4-18H,3,19H2,1-2H3,(H,30,33)(H,28,29,31);3-14,17-19H,2,15-16H2,1H3,(H,28,29,30);1H3;1H3,(H,3,4);5*1-2H3. The number of carboxylic acid groups (broad SMARTS) is 1. The Bertz CT molecular complexity index is 2910. The van der Waals surface area contributed by atoms with Gasteiger partial charge < -0.3 is 30.9 Å². The van der Waals surface area contributed by atoms with E-state index in [9.17, 15) is 9.59 Å². The maximum atomic E-state index is 11.2.